The molecule has 7 heteroatoms. The van der Waals surface area contributed by atoms with Gasteiger partial charge in [0.05, 0.1) is 12.9 Å². The maximum atomic E-state index is 13.7. The number of carbonyl (C=O) groups excluding carboxylic acids is 1. The number of hydrogen-bond acceptors (Lipinski definition) is 4. The second-order valence-electron chi connectivity index (χ2n) is 4.47. The molecular weight excluding hydrogens is 307 g/mol. The number of rotatable bonds is 6. The topological polar surface area (TPSA) is 63.5 Å². The summed E-state index contributed by atoms with van der Waals surface area (Å²) in [6.07, 6.45) is 3.31. The largest absolute Gasteiger partial charge is 0.467 e. The zero-order valence-electron chi connectivity index (χ0n) is 12.3. The van der Waals surface area contributed by atoms with Crippen molar-refractivity contribution < 1.29 is 18.3 Å². The van der Waals surface area contributed by atoms with Crippen LogP contribution in [-0.4, -0.2) is 26.0 Å². The number of furan rings is 1. The maximum Gasteiger partial charge on any atom is 0.319 e. The summed E-state index contributed by atoms with van der Waals surface area (Å²) in [5.41, 5.74) is 0.378. The Morgan fingerprint density at radius 3 is 2.86 bits per heavy atom. The first kappa shape index (κ1) is 16.4. The summed E-state index contributed by atoms with van der Waals surface area (Å²) in [6.45, 7) is 0.265. The molecule has 0 saturated carbocycles. The van der Waals surface area contributed by atoms with E-state index in [2.05, 4.69) is 10.6 Å². The van der Waals surface area contributed by atoms with E-state index in [0.29, 0.717) is 16.3 Å². The van der Waals surface area contributed by atoms with E-state index < -0.39 is 12.1 Å². The van der Waals surface area contributed by atoms with Crippen LogP contribution in [0.4, 0.5) is 14.9 Å². The number of amides is 2. The van der Waals surface area contributed by atoms with Gasteiger partial charge in [-0.25, -0.2) is 9.18 Å². The fraction of sp³-hybridized carbons (Fsp3) is 0.267. The summed E-state index contributed by atoms with van der Waals surface area (Å²) >= 11 is 1.31. The van der Waals surface area contributed by atoms with Gasteiger partial charge in [-0.05, 0) is 36.6 Å². The number of carbonyl (C=O) groups is 1. The molecule has 0 aliphatic carbocycles. The van der Waals surface area contributed by atoms with E-state index in [0.717, 1.165) is 0 Å². The van der Waals surface area contributed by atoms with E-state index >= 15 is 0 Å². The van der Waals surface area contributed by atoms with Crippen molar-refractivity contribution in [2.75, 3.05) is 25.3 Å². The Bertz CT molecular complexity index is 619. The third-order valence-electron chi connectivity index (χ3n) is 2.93. The number of halogens is 1. The van der Waals surface area contributed by atoms with Crippen LogP contribution in [0.2, 0.25) is 0 Å². The lowest BCUT2D eigenvalue weighted by molar-refractivity contribution is 0.159. The second-order valence-corrected chi connectivity index (χ2v) is 5.32. The van der Waals surface area contributed by atoms with Gasteiger partial charge < -0.3 is 19.8 Å². The molecular formula is C15H17FN2O3S. The van der Waals surface area contributed by atoms with Gasteiger partial charge >= 0.3 is 6.03 Å². The molecule has 2 aromatic rings. The van der Waals surface area contributed by atoms with Crippen LogP contribution in [0.1, 0.15) is 11.8 Å². The minimum absolute atomic E-state index is 0.265. The van der Waals surface area contributed by atoms with E-state index in [9.17, 15) is 9.18 Å². The molecule has 0 unspecified atom stereocenters. The standard InChI is InChI=1S/C15H17FN2O3S/c1-20-9-12(13-4-3-7-21-13)18-15(19)17-10-5-6-14(22-2)11(16)8-10/h3-8,12H,9H2,1-2H3,(H2,17,18,19)/t12-/m0/s1. The van der Waals surface area contributed by atoms with Gasteiger partial charge in [0.25, 0.3) is 0 Å². The summed E-state index contributed by atoms with van der Waals surface area (Å²) < 4.78 is 24.0. The quantitative estimate of drug-likeness (QED) is 0.796. The van der Waals surface area contributed by atoms with Gasteiger partial charge in [0.1, 0.15) is 17.6 Å². The monoisotopic (exact) mass is 324 g/mol. The first-order valence-corrected chi connectivity index (χ1v) is 7.80. The fourth-order valence-electron chi connectivity index (χ4n) is 1.92. The molecule has 2 N–H and O–H groups in total. The van der Waals surface area contributed by atoms with Crippen molar-refractivity contribution in [3.05, 3.63) is 48.2 Å². The third-order valence-corrected chi connectivity index (χ3v) is 3.71. The second kappa shape index (κ2) is 7.86. The van der Waals surface area contributed by atoms with Crippen LogP contribution in [0.3, 0.4) is 0 Å². The highest BCUT2D eigenvalue weighted by atomic mass is 32.2. The predicted octanol–water partition coefficient (Wildman–Crippen LogP) is 3.65. The molecule has 1 aromatic heterocycles. The van der Waals surface area contributed by atoms with Crippen molar-refractivity contribution in [2.24, 2.45) is 0 Å². The van der Waals surface area contributed by atoms with E-state index in [1.54, 1.807) is 30.5 Å². The minimum Gasteiger partial charge on any atom is -0.467 e. The lowest BCUT2D eigenvalue weighted by Gasteiger charge is -2.16. The van der Waals surface area contributed by atoms with Crippen LogP contribution < -0.4 is 10.6 Å². The SMILES string of the molecule is COC[C@H](NC(=O)Nc1ccc(SC)c(F)c1)c1ccco1. The summed E-state index contributed by atoms with van der Waals surface area (Å²) in [5, 5.41) is 5.31. The molecule has 2 amide bonds. The maximum absolute atomic E-state index is 13.7. The molecule has 1 atom stereocenters. The van der Waals surface area contributed by atoms with Gasteiger partial charge in [0.15, 0.2) is 0 Å². The summed E-state index contributed by atoms with van der Waals surface area (Å²) in [5.74, 6) is 0.214. The predicted molar refractivity (Wildman–Crippen MR) is 83.7 cm³/mol. The van der Waals surface area contributed by atoms with Crippen LogP contribution in [-0.2, 0) is 4.74 Å². The van der Waals surface area contributed by atoms with Crippen LogP contribution in [0, 0.1) is 5.82 Å². The molecule has 0 aliphatic heterocycles. The van der Waals surface area contributed by atoms with Gasteiger partial charge in [-0.3, -0.25) is 0 Å². The number of ether oxygens (including phenoxy) is 1. The van der Waals surface area contributed by atoms with Crippen molar-refractivity contribution in [2.45, 2.75) is 10.9 Å². The molecule has 0 fully saturated rings. The Labute approximate surface area is 132 Å². The zero-order valence-corrected chi connectivity index (χ0v) is 13.1. The van der Waals surface area contributed by atoms with Crippen molar-refractivity contribution in [3.63, 3.8) is 0 Å². The van der Waals surface area contributed by atoms with Crippen LogP contribution in [0.5, 0.6) is 0 Å². The van der Waals surface area contributed by atoms with Crippen molar-refractivity contribution in [1.82, 2.24) is 5.32 Å². The van der Waals surface area contributed by atoms with Gasteiger partial charge in [-0.1, -0.05) is 0 Å². The molecule has 0 aliphatic rings. The molecule has 22 heavy (non-hydrogen) atoms. The molecule has 2 rings (SSSR count). The first-order valence-electron chi connectivity index (χ1n) is 6.57. The fourth-order valence-corrected chi connectivity index (χ4v) is 2.38. The molecule has 5 nitrogen and oxygen atoms in total. The Kier molecular flexibility index (Phi) is 5.85. The average Bonchev–Trinajstić information content (AvgIpc) is 3.01. The van der Waals surface area contributed by atoms with E-state index in [4.69, 9.17) is 9.15 Å². The molecule has 1 aromatic carbocycles. The normalized spacial score (nSPS) is 12.0. The number of benzene rings is 1. The van der Waals surface area contributed by atoms with E-state index in [-0.39, 0.29) is 12.4 Å². The summed E-state index contributed by atoms with van der Waals surface area (Å²) in [4.78, 5) is 12.5. The molecule has 0 saturated heterocycles. The highest BCUT2D eigenvalue weighted by Gasteiger charge is 2.17. The smallest absolute Gasteiger partial charge is 0.319 e. The Morgan fingerprint density at radius 2 is 2.27 bits per heavy atom. The van der Waals surface area contributed by atoms with E-state index in [1.165, 1.54) is 31.2 Å². The zero-order chi connectivity index (χ0) is 15.9. The third kappa shape index (κ3) is 4.25. The molecule has 118 valence electrons. The number of urea groups is 1. The first-order chi connectivity index (χ1) is 10.6. The molecule has 1 heterocycles. The van der Waals surface area contributed by atoms with Crippen molar-refractivity contribution >= 4 is 23.5 Å². The van der Waals surface area contributed by atoms with Crippen LogP contribution >= 0.6 is 11.8 Å². The van der Waals surface area contributed by atoms with Gasteiger partial charge in [-0.15, -0.1) is 11.8 Å². The summed E-state index contributed by atoms with van der Waals surface area (Å²) in [7, 11) is 1.53. The lowest BCUT2D eigenvalue weighted by Crippen LogP contribution is -2.34. The Balaban J connectivity index is 2.00. The molecule has 0 bridgehead atoms. The highest BCUT2D eigenvalue weighted by molar-refractivity contribution is 7.98. The number of anilines is 1. The average molecular weight is 324 g/mol. The Morgan fingerprint density at radius 1 is 1.45 bits per heavy atom. The highest BCUT2D eigenvalue weighted by Crippen LogP contribution is 2.22. The van der Waals surface area contributed by atoms with Crippen molar-refractivity contribution in [1.29, 1.82) is 0 Å². The van der Waals surface area contributed by atoms with Gasteiger partial charge in [0, 0.05) is 17.7 Å². The number of hydrogen-bond donors (Lipinski definition) is 2. The van der Waals surface area contributed by atoms with Crippen LogP contribution in [0.15, 0.2) is 45.9 Å². The van der Waals surface area contributed by atoms with Crippen molar-refractivity contribution in [3.8, 4) is 0 Å². The van der Waals surface area contributed by atoms with Crippen LogP contribution in [0.25, 0.3) is 0 Å². The lowest BCUT2D eigenvalue weighted by atomic mass is 10.2. The number of methoxy groups -OCH3 is 1. The van der Waals surface area contributed by atoms with E-state index in [1.807, 2.05) is 0 Å². The number of thioether (sulfide) groups is 1. The minimum atomic E-state index is -0.463. The number of nitrogens with one attached hydrogen (secondary N) is 2. The molecule has 0 spiro atoms. The summed E-state index contributed by atoms with van der Waals surface area (Å²) in [6, 6.07) is 7.14. The molecule has 0 radical (unpaired) electrons. The van der Waals surface area contributed by atoms with Gasteiger partial charge in [-0.2, -0.15) is 0 Å². The van der Waals surface area contributed by atoms with Gasteiger partial charge in [0.2, 0.25) is 0 Å². The Hall–Kier alpha value is -1.99.